The maximum Gasteiger partial charge on any atom is 0.0859 e. The van der Waals surface area contributed by atoms with Crippen LogP contribution in [0.4, 0.5) is 0 Å². The topological polar surface area (TPSA) is 30.7 Å². The number of hydrogen-bond acceptors (Lipinski definition) is 2. The first kappa shape index (κ1) is 11.2. The fourth-order valence-corrected chi connectivity index (χ4v) is 1.69. The third kappa shape index (κ3) is 2.34. The van der Waals surface area contributed by atoms with Gasteiger partial charge in [-0.3, -0.25) is 0 Å². The van der Waals surface area contributed by atoms with Gasteiger partial charge in [0, 0.05) is 6.04 Å². The van der Waals surface area contributed by atoms with Crippen molar-refractivity contribution >= 4 is 0 Å². The maximum atomic E-state index is 4.26. The molecule has 0 unspecified atom stereocenters. The van der Waals surface area contributed by atoms with E-state index in [1.165, 1.54) is 11.4 Å². The lowest BCUT2D eigenvalue weighted by Gasteiger charge is -2.09. The molecular formula is C11H21N3. The third-order valence-corrected chi connectivity index (χ3v) is 2.33. The zero-order valence-corrected chi connectivity index (χ0v) is 9.75. The van der Waals surface area contributed by atoms with Crippen LogP contribution in [0.2, 0.25) is 0 Å². The molecule has 14 heavy (non-hydrogen) atoms. The lowest BCUT2D eigenvalue weighted by atomic mass is 10.1. The van der Waals surface area contributed by atoms with Gasteiger partial charge in [0.2, 0.25) is 0 Å². The van der Waals surface area contributed by atoms with Crippen molar-refractivity contribution < 1.29 is 0 Å². The van der Waals surface area contributed by atoms with E-state index >= 15 is 0 Å². The quantitative estimate of drug-likeness (QED) is 0.723. The predicted molar refractivity (Wildman–Crippen MR) is 58.4 cm³/mol. The van der Waals surface area contributed by atoms with E-state index in [1.54, 1.807) is 0 Å². The Kier molecular flexibility index (Phi) is 4.11. The number of rotatable bonds is 5. The summed E-state index contributed by atoms with van der Waals surface area (Å²) in [6, 6.07) is 0.426. The second-order valence-corrected chi connectivity index (χ2v) is 4.02. The molecule has 0 atom stereocenters. The second-order valence-electron chi connectivity index (χ2n) is 4.02. The molecule has 0 bridgehead atoms. The van der Waals surface area contributed by atoms with Gasteiger partial charge in [0.15, 0.2) is 0 Å². The summed E-state index contributed by atoms with van der Waals surface area (Å²) in [6.45, 7) is 8.70. The Morgan fingerprint density at radius 2 is 1.79 bits per heavy atom. The van der Waals surface area contributed by atoms with Gasteiger partial charge >= 0.3 is 0 Å². The van der Waals surface area contributed by atoms with Gasteiger partial charge in [-0.2, -0.15) is 0 Å². The van der Waals surface area contributed by atoms with E-state index in [0.29, 0.717) is 6.04 Å². The molecule has 80 valence electrons. The molecule has 0 aliphatic carbocycles. The van der Waals surface area contributed by atoms with Crippen LogP contribution < -0.4 is 0 Å². The molecule has 0 aliphatic rings. The summed E-state index contributed by atoms with van der Waals surface area (Å²) in [5.41, 5.74) is 2.53. The molecule has 0 spiro atoms. The molecule has 1 heterocycles. The molecule has 0 fully saturated rings. The van der Waals surface area contributed by atoms with Crippen LogP contribution in [0.25, 0.3) is 0 Å². The van der Waals surface area contributed by atoms with Crippen LogP contribution in [0.3, 0.4) is 0 Å². The monoisotopic (exact) mass is 195 g/mol. The number of aromatic nitrogens is 3. The summed E-state index contributed by atoms with van der Waals surface area (Å²) in [4.78, 5) is 0. The molecule has 1 aromatic heterocycles. The van der Waals surface area contributed by atoms with Gasteiger partial charge in [-0.15, -0.1) is 5.10 Å². The SMILES string of the molecule is CCCc1nnn(C(C)C)c1CCC. The van der Waals surface area contributed by atoms with Crippen molar-refractivity contribution in [2.24, 2.45) is 0 Å². The van der Waals surface area contributed by atoms with E-state index in [1.807, 2.05) is 0 Å². The largest absolute Gasteiger partial charge is 0.247 e. The molecule has 0 saturated heterocycles. The molecular weight excluding hydrogens is 174 g/mol. The van der Waals surface area contributed by atoms with Crippen molar-refractivity contribution in [3.05, 3.63) is 11.4 Å². The second kappa shape index (κ2) is 5.13. The van der Waals surface area contributed by atoms with E-state index < -0.39 is 0 Å². The fraction of sp³-hybridized carbons (Fsp3) is 0.818. The van der Waals surface area contributed by atoms with Gasteiger partial charge < -0.3 is 0 Å². The van der Waals surface area contributed by atoms with Crippen LogP contribution in [0.5, 0.6) is 0 Å². The van der Waals surface area contributed by atoms with Crippen LogP contribution in [-0.2, 0) is 12.8 Å². The number of hydrogen-bond donors (Lipinski definition) is 0. The highest BCUT2D eigenvalue weighted by Gasteiger charge is 2.12. The summed E-state index contributed by atoms with van der Waals surface area (Å²) in [6.07, 6.45) is 4.47. The summed E-state index contributed by atoms with van der Waals surface area (Å²) in [5, 5.41) is 8.48. The van der Waals surface area contributed by atoms with E-state index in [4.69, 9.17) is 0 Å². The highest BCUT2D eigenvalue weighted by atomic mass is 15.4. The fourth-order valence-electron chi connectivity index (χ4n) is 1.69. The lowest BCUT2D eigenvalue weighted by Crippen LogP contribution is -2.08. The molecule has 3 nitrogen and oxygen atoms in total. The smallest absolute Gasteiger partial charge is 0.0859 e. The predicted octanol–water partition coefficient (Wildman–Crippen LogP) is 2.76. The van der Waals surface area contributed by atoms with Crippen LogP contribution in [0, 0.1) is 0 Å². The summed E-state index contributed by atoms with van der Waals surface area (Å²) < 4.78 is 2.06. The first-order valence-corrected chi connectivity index (χ1v) is 5.63. The maximum absolute atomic E-state index is 4.26. The summed E-state index contributed by atoms with van der Waals surface area (Å²) in [5.74, 6) is 0. The van der Waals surface area contributed by atoms with Crippen molar-refractivity contribution in [1.82, 2.24) is 15.0 Å². The highest BCUT2D eigenvalue weighted by molar-refractivity contribution is 5.11. The van der Waals surface area contributed by atoms with Crippen molar-refractivity contribution in [2.45, 2.75) is 59.4 Å². The molecule has 0 saturated carbocycles. The molecule has 0 aliphatic heterocycles. The minimum atomic E-state index is 0.426. The Bertz CT molecular complexity index is 276. The van der Waals surface area contributed by atoms with Crippen LogP contribution in [0.1, 0.15) is 58.0 Å². The lowest BCUT2D eigenvalue weighted by molar-refractivity contribution is 0.492. The van der Waals surface area contributed by atoms with Gasteiger partial charge in [0.1, 0.15) is 0 Å². The average Bonchev–Trinajstić information content (AvgIpc) is 2.50. The van der Waals surface area contributed by atoms with Crippen molar-refractivity contribution in [1.29, 1.82) is 0 Å². The average molecular weight is 195 g/mol. The standard InChI is InChI=1S/C11H21N3/c1-5-7-10-11(8-6-2)14(9(3)4)13-12-10/h9H,5-8H2,1-4H3. The Morgan fingerprint density at radius 1 is 1.14 bits per heavy atom. The van der Waals surface area contributed by atoms with Gasteiger partial charge in [-0.25, -0.2) is 4.68 Å². The highest BCUT2D eigenvalue weighted by Crippen LogP contribution is 2.14. The van der Waals surface area contributed by atoms with E-state index in [2.05, 4.69) is 42.7 Å². The van der Waals surface area contributed by atoms with Crippen molar-refractivity contribution in [3.63, 3.8) is 0 Å². The van der Waals surface area contributed by atoms with Crippen LogP contribution in [-0.4, -0.2) is 15.0 Å². The minimum absolute atomic E-state index is 0.426. The summed E-state index contributed by atoms with van der Waals surface area (Å²) in [7, 11) is 0. The van der Waals surface area contributed by atoms with Crippen molar-refractivity contribution in [2.75, 3.05) is 0 Å². The number of aryl methyl sites for hydroxylation is 1. The normalized spacial score (nSPS) is 11.2. The van der Waals surface area contributed by atoms with Crippen LogP contribution >= 0.6 is 0 Å². The molecule has 0 amide bonds. The third-order valence-electron chi connectivity index (χ3n) is 2.33. The first-order chi connectivity index (χ1) is 6.70. The Hall–Kier alpha value is -0.860. The van der Waals surface area contributed by atoms with Gasteiger partial charge in [0.25, 0.3) is 0 Å². The molecule has 0 aromatic carbocycles. The Balaban J connectivity index is 2.94. The van der Waals surface area contributed by atoms with Gasteiger partial charge in [0.05, 0.1) is 11.4 Å². The Morgan fingerprint density at radius 3 is 2.29 bits per heavy atom. The number of nitrogens with zero attached hydrogens (tertiary/aromatic N) is 3. The minimum Gasteiger partial charge on any atom is -0.247 e. The van der Waals surface area contributed by atoms with E-state index in [-0.39, 0.29) is 0 Å². The van der Waals surface area contributed by atoms with Crippen LogP contribution in [0.15, 0.2) is 0 Å². The molecule has 3 heteroatoms. The van der Waals surface area contributed by atoms with Crippen molar-refractivity contribution in [3.8, 4) is 0 Å². The Labute approximate surface area is 86.5 Å². The zero-order chi connectivity index (χ0) is 10.6. The molecule has 1 rings (SSSR count). The summed E-state index contributed by atoms with van der Waals surface area (Å²) >= 11 is 0. The van der Waals surface area contributed by atoms with E-state index in [0.717, 1.165) is 25.7 Å². The van der Waals surface area contributed by atoms with E-state index in [9.17, 15) is 0 Å². The molecule has 0 radical (unpaired) electrons. The van der Waals surface area contributed by atoms with Gasteiger partial charge in [-0.1, -0.05) is 31.9 Å². The zero-order valence-electron chi connectivity index (χ0n) is 9.75. The van der Waals surface area contributed by atoms with Gasteiger partial charge in [-0.05, 0) is 26.7 Å². The first-order valence-electron chi connectivity index (χ1n) is 5.63. The molecule has 1 aromatic rings. The molecule has 0 N–H and O–H groups in total.